The number of aliphatic imine (C=N–C) groups is 1. The van der Waals surface area contributed by atoms with Gasteiger partial charge in [0.15, 0.2) is 17.5 Å². The minimum absolute atomic E-state index is 0.287. The van der Waals surface area contributed by atoms with E-state index in [9.17, 15) is 4.79 Å². The maximum Gasteiger partial charge on any atom is 0.272 e. The van der Waals surface area contributed by atoms with Crippen molar-refractivity contribution >= 4 is 17.9 Å². The van der Waals surface area contributed by atoms with Gasteiger partial charge in [-0.3, -0.25) is 4.79 Å². The molecule has 0 spiro atoms. The van der Waals surface area contributed by atoms with E-state index >= 15 is 0 Å². The Balaban J connectivity index is 3.11. The lowest BCUT2D eigenvalue weighted by atomic mass is 10.1. The van der Waals surface area contributed by atoms with Crippen molar-refractivity contribution in [3.05, 3.63) is 23.8 Å². The van der Waals surface area contributed by atoms with Crippen LogP contribution in [0.3, 0.4) is 0 Å². The van der Waals surface area contributed by atoms with E-state index in [0.717, 1.165) is 0 Å². The van der Waals surface area contributed by atoms with Gasteiger partial charge in [0.2, 0.25) is 5.75 Å². The van der Waals surface area contributed by atoms with Crippen LogP contribution in [0, 0.1) is 0 Å². The Labute approximate surface area is 116 Å². The summed E-state index contributed by atoms with van der Waals surface area (Å²) in [7, 11) is 4.53. The molecule has 0 atom stereocenters. The fourth-order valence-electron chi connectivity index (χ4n) is 1.53. The fraction of sp³-hybridized carbons (Fsp3) is 0.231. The summed E-state index contributed by atoms with van der Waals surface area (Å²) in [5, 5.41) is 0. The number of carbonyl (C=O) groups excluding carboxylic acids is 1. The summed E-state index contributed by atoms with van der Waals surface area (Å²) in [5.74, 6) is 0.604. The van der Waals surface area contributed by atoms with Gasteiger partial charge in [0.1, 0.15) is 0 Å². The van der Waals surface area contributed by atoms with Gasteiger partial charge in [-0.1, -0.05) is 0 Å². The second kappa shape index (κ2) is 7.03. The average molecular weight is 279 g/mol. The van der Waals surface area contributed by atoms with E-state index in [2.05, 4.69) is 4.99 Å². The lowest BCUT2D eigenvalue weighted by molar-refractivity contribution is -0.113. The Morgan fingerprint density at radius 1 is 1.10 bits per heavy atom. The number of methoxy groups -OCH3 is 3. The molecular formula is C13H17N3O4. The van der Waals surface area contributed by atoms with Crippen molar-refractivity contribution in [3.8, 4) is 17.2 Å². The molecule has 0 fully saturated rings. The van der Waals surface area contributed by atoms with Crippen LogP contribution >= 0.6 is 0 Å². The first-order chi connectivity index (χ1) is 9.51. The standard InChI is InChI=1S/C13H17N3O4/c1-18-9-6-8(4-5-11(17)16-13(14)15)7-10(19-2)12(9)20-3/h4-7H,1-3H3,(H4,14,15,16,17)/b5-4+. The van der Waals surface area contributed by atoms with E-state index < -0.39 is 5.91 Å². The summed E-state index contributed by atoms with van der Waals surface area (Å²) in [6.45, 7) is 0. The molecular weight excluding hydrogens is 262 g/mol. The SMILES string of the molecule is COc1cc(/C=C/C(=O)N=C(N)N)cc(OC)c1OC. The van der Waals surface area contributed by atoms with Crippen LogP contribution in [0.1, 0.15) is 5.56 Å². The Hall–Kier alpha value is -2.70. The zero-order chi connectivity index (χ0) is 15.1. The molecule has 1 aromatic rings. The largest absolute Gasteiger partial charge is 0.493 e. The Morgan fingerprint density at radius 2 is 1.65 bits per heavy atom. The van der Waals surface area contributed by atoms with Crippen molar-refractivity contribution in [2.45, 2.75) is 0 Å². The first-order valence-electron chi connectivity index (χ1n) is 5.63. The van der Waals surface area contributed by atoms with Crippen molar-refractivity contribution in [2.75, 3.05) is 21.3 Å². The first kappa shape index (κ1) is 15.4. The number of rotatable bonds is 5. The predicted octanol–water partition coefficient (Wildman–Crippen LogP) is 0.526. The van der Waals surface area contributed by atoms with Gasteiger partial charge in [-0.05, 0) is 23.8 Å². The molecule has 0 saturated carbocycles. The summed E-state index contributed by atoms with van der Waals surface area (Å²) >= 11 is 0. The lowest BCUT2D eigenvalue weighted by Gasteiger charge is -2.12. The maximum atomic E-state index is 11.3. The Morgan fingerprint density at radius 3 is 2.05 bits per heavy atom. The van der Waals surface area contributed by atoms with E-state index in [1.165, 1.54) is 27.4 Å². The molecule has 7 nitrogen and oxygen atoms in total. The number of guanidine groups is 1. The van der Waals surface area contributed by atoms with E-state index in [0.29, 0.717) is 22.8 Å². The second-order valence-electron chi connectivity index (χ2n) is 3.67. The Kier molecular flexibility index (Phi) is 5.40. The lowest BCUT2D eigenvalue weighted by Crippen LogP contribution is -2.23. The van der Waals surface area contributed by atoms with Gasteiger partial charge in [-0.2, -0.15) is 4.99 Å². The minimum Gasteiger partial charge on any atom is -0.493 e. The molecule has 4 N–H and O–H groups in total. The molecule has 0 heterocycles. The molecule has 0 saturated heterocycles. The highest BCUT2D eigenvalue weighted by Crippen LogP contribution is 2.38. The number of nitrogens with zero attached hydrogens (tertiary/aromatic N) is 1. The van der Waals surface area contributed by atoms with Crippen molar-refractivity contribution in [2.24, 2.45) is 16.5 Å². The van der Waals surface area contributed by atoms with Crippen molar-refractivity contribution in [1.29, 1.82) is 0 Å². The van der Waals surface area contributed by atoms with Gasteiger partial charge in [0.05, 0.1) is 21.3 Å². The topological polar surface area (TPSA) is 109 Å². The molecule has 108 valence electrons. The Bertz CT molecular complexity index is 524. The number of nitrogens with two attached hydrogens (primary N) is 2. The normalized spacial score (nSPS) is 10.2. The third-order valence-corrected chi connectivity index (χ3v) is 2.34. The van der Waals surface area contributed by atoms with Crippen LogP contribution in [-0.4, -0.2) is 33.2 Å². The highest BCUT2D eigenvalue weighted by molar-refractivity contribution is 5.99. The number of benzene rings is 1. The molecule has 1 rings (SSSR count). The fourth-order valence-corrected chi connectivity index (χ4v) is 1.53. The van der Waals surface area contributed by atoms with Crippen LogP contribution in [0.4, 0.5) is 0 Å². The van der Waals surface area contributed by atoms with Gasteiger partial charge >= 0.3 is 0 Å². The van der Waals surface area contributed by atoms with Gasteiger partial charge < -0.3 is 25.7 Å². The summed E-state index contributed by atoms with van der Waals surface area (Å²) < 4.78 is 15.6. The van der Waals surface area contributed by atoms with Gasteiger partial charge in [-0.15, -0.1) is 0 Å². The van der Waals surface area contributed by atoms with Crippen LogP contribution < -0.4 is 25.7 Å². The molecule has 7 heteroatoms. The summed E-state index contributed by atoms with van der Waals surface area (Å²) in [4.78, 5) is 14.7. The molecule has 20 heavy (non-hydrogen) atoms. The molecule has 1 amide bonds. The summed E-state index contributed by atoms with van der Waals surface area (Å²) in [6, 6.07) is 3.39. The van der Waals surface area contributed by atoms with Crippen molar-refractivity contribution < 1.29 is 19.0 Å². The van der Waals surface area contributed by atoms with E-state index in [1.807, 2.05) is 0 Å². The van der Waals surface area contributed by atoms with E-state index in [-0.39, 0.29) is 5.96 Å². The molecule has 0 aliphatic heterocycles. The van der Waals surface area contributed by atoms with Gasteiger partial charge in [-0.25, -0.2) is 0 Å². The third kappa shape index (κ3) is 3.91. The average Bonchev–Trinajstić information content (AvgIpc) is 2.42. The summed E-state index contributed by atoms with van der Waals surface area (Å²) in [6.07, 6.45) is 2.78. The van der Waals surface area contributed by atoms with Crippen LogP contribution in [0.2, 0.25) is 0 Å². The zero-order valence-corrected chi connectivity index (χ0v) is 11.5. The molecule has 0 aliphatic rings. The number of hydrogen-bond donors (Lipinski definition) is 2. The van der Waals surface area contributed by atoms with Crippen LogP contribution in [0.25, 0.3) is 6.08 Å². The predicted molar refractivity (Wildman–Crippen MR) is 75.9 cm³/mol. The second-order valence-corrected chi connectivity index (χ2v) is 3.67. The van der Waals surface area contributed by atoms with Crippen LogP contribution in [0.15, 0.2) is 23.2 Å². The van der Waals surface area contributed by atoms with Gasteiger partial charge in [0.25, 0.3) is 5.91 Å². The van der Waals surface area contributed by atoms with E-state index in [4.69, 9.17) is 25.7 Å². The highest BCUT2D eigenvalue weighted by atomic mass is 16.5. The van der Waals surface area contributed by atoms with Crippen molar-refractivity contribution in [1.82, 2.24) is 0 Å². The number of carbonyl (C=O) groups is 1. The molecule has 0 bridgehead atoms. The highest BCUT2D eigenvalue weighted by Gasteiger charge is 2.12. The number of amides is 1. The van der Waals surface area contributed by atoms with Crippen LogP contribution in [0.5, 0.6) is 17.2 Å². The van der Waals surface area contributed by atoms with Crippen LogP contribution in [-0.2, 0) is 4.79 Å². The number of hydrogen-bond acceptors (Lipinski definition) is 4. The maximum absolute atomic E-state index is 11.3. The third-order valence-electron chi connectivity index (χ3n) is 2.34. The minimum atomic E-state index is -0.557. The molecule has 0 radical (unpaired) electrons. The quantitative estimate of drug-likeness (QED) is 0.462. The molecule has 0 aromatic heterocycles. The zero-order valence-electron chi connectivity index (χ0n) is 11.5. The van der Waals surface area contributed by atoms with Gasteiger partial charge in [0, 0.05) is 6.08 Å². The smallest absolute Gasteiger partial charge is 0.272 e. The van der Waals surface area contributed by atoms with E-state index in [1.54, 1.807) is 18.2 Å². The molecule has 0 aliphatic carbocycles. The number of ether oxygens (including phenoxy) is 3. The first-order valence-corrected chi connectivity index (χ1v) is 5.63. The van der Waals surface area contributed by atoms with Crippen molar-refractivity contribution in [3.63, 3.8) is 0 Å². The summed E-state index contributed by atoms with van der Waals surface area (Å²) in [5.41, 5.74) is 10.9. The molecule has 0 unspecified atom stereocenters. The monoisotopic (exact) mass is 279 g/mol. The molecule has 1 aromatic carbocycles.